The Morgan fingerprint density at radius 1 is 1.19 bits per heavy atom. The lowest BCUT2D eigenvalue weighted by atomic mass is 10.1. The highest BCUT2D eigenvalue weighted by Gasteiger charge is 2.06. The van der Waals surface area contributed by atoms with E-state index in [1.54, 1.807) is 0 Å². The van der Waals surface area contributed by atoms with Gasteiger partial charge in [0.05, 0.1) is 11.9 Å². The topological polar surface area (TPSA) is 58.5 Å². The van der Waals surface area contributed by atoms with Crippen LogP contribution in [0.5, 0.6) is 0 Å². The van der Waals surface area contributed by atoms with Crippen LogP contribution in [0.1, 0.15) is 11.3 Å². The smallest absolute Gasteiger partial charge is 0.0695 e. The highest BCUT2D eigenvalue weighted by Crippen LogP contribution is 2.20. The van der Waals surface area contributed by atoms with E-state index in [2.05, 4.69) is 38.8 Å². The fraction of sp³-hybridized carbons (Fsp3) is 0.250. The first kappa shape index (κ1) is 13.6. The van der Waals surface area contributed by atoms with Crippen molar-refractivity contribution in [3.05, 3.63) is 60.0 Å². The molecule has 0 aliphatic heterocycles. The number of aryl methyl sites for hydroxylation is 1. The molecule has 2 heterocycles. The zero-order chi connectivity index (χ0) is 14.5. The van der Waals surface area contributed by atoms with Gasteiger partial charge >= 0.3 is 0 Å². The normalized spacial score (nSPS) is 10.9. The van der Waals surface area contributed by atoms with Crippen LogP contribution in [0.15, 0.2) is 48.8 Å². The molecule has 0 radical (unpaired) electrons. The summed E-state index contributed by atoms with van der Waals surface area (Å²) in [7, 11) is 1.97. The third-order valence-corrected chi connectivity index (χ3v) is 3.58. The first-order chi connectivity index (χ1) is 10.3. The van der Waals surface area contributed by atoms with E-state index in [0.717, 1.165) is 25.2 Å². The lowest BCUT2D eigenvalue weighted by molar-refractivity contribution is 0.643. The van der Waals surface area contributed by atoms with E-state index in [4.69, 9.17) is 0 Å². The van der Waals surface area contributed by atoms with Crippen LogP contribution in [0.2, 0.25) is 0 Å². The zero-order valence-corrected chi connectivity index (χ0v) is 12.1. The van der Waals surface area contributed by atoms with E-state index in [9.17, 15) is 0 Å². The summed E-state index contributed by atoms with van der Waals surface area (Å²) in [6.07, 6.45) is 4.69. The zero-order valence-electron chi connectivity index (χ0n) is 12.1. The van der Waals surface area contributed by atoms with Gasteiger partial charge in [0, 0.05) is 44.0 Å². The molecule has 3 aromatic rings. The van der Waals surface area contributed by atoms with Crippen LogP contribution in [-0.4, -0.2) is 26.5 Å². The van der Waals surface area contributed by atoms with Crippen molar-refractivity contribution in [2.75, 3.05) is 6.54 Å². The third-order valence-electron chi connectivity index (χ3n) is 3.58. The number of aromatic nitrogens is 4. The molecule has 3 rings (SSSR count). The van der Waals surface area contributed by atoms with Gasteiger partial charge in [-0.2, -0.15) is 10.2 Å². The summed E-state index contributed by atoms with van der Waals surface area (Å²) in [6.45, 7) is 1.72. The van der Waals surface area contributed by atoms with Gasteiger partial charge in [-0.1, -0.05) is 30.3 Å². The molecule has 0 saturated heterocycles. The average Bonchev–Trinajstić information content (AvgIpc) is 3.14. The molecule has 0 spiro atoms. The van der Waals surface area contributed by atoms with Crippen LogP contribution in [0, 0.1) is 0 Å². The summed E-state index contributed by atoms with van der Waals surface area (Å²) in [4.78, 5) is 0. The second-order valence-corrected chi connectivity index (χ2v) is 5.01. The highest BCUT2D eigenvalue weighted by atomic mass is 15.3. The number of aromatic amines is 1. The quantitative estimate of drug-likeness (QED) is 0.681. The van der Waals surface area contributed by atoms with Crippen molar-refractivity contribution in [3.8, 4) is 11.3 Å². The average molecular weight is 281 g/mol. The van der Waals surface area contributed by atoms with Gasteiger partial charge in [-0.3, -0.25) is 9.78 Å². The number of H-pyrrole nitrogens is 1. The molecule has 0 saturated carbocycles. The molecule has 0 fully saturated rings. The van der Waals surface area contributed by atoms with E-state index >= 15 is 0 Å². The number of benzene rings is 1. The largest absolute Gasteiger partial charge is 0.312 e. The van der Waals surface area contributed by atoms with Crippen molar-refractivity contribution in [1.82, 2.24) is 25.3 Å². The van der Waals surface area contributed by atoms with Crippen LogP contribution in [0.4, 0.5) is 0 Å². The Labute approximate surface area is 124 Å². The first-order valence-electron chi connectivity index (χ1n) is 7.10. The SMILES string of the molecule is Cn1nccc1CCNCc1cn[nH]c1-c1ccccc1. The summed E-state index contributed by atoms with van der Waals surface area (Å²) in [5.74, 6) is 0. The summed E-state index contributed by atoms with van der Waals surface area (Å²) in [6, 6.07) is 12.3. The molecule has 1 aromatic carbocycles. The van der Waals surface area contributed by atoms with E-state index in [0.29, 0.717) is 0 Å². The maximum atomic E-state index is 4.17. The lowest BCUT2D eigenvalue weighted by Gasteiger charge is -2.06. The van der Waals surface area contributed by atoms with Gasteiger partial charge in [0.25, 0.3) is 0 Å². The van der Waals surface area contributed by atoms with Crippen LogP contribution in [0.25, 0.3) is 11.3 Å². The minimum atomic E-state index is 0.804. The molecule has 0 aliphatic rings. The van der Waals surface area contributed by atoms with Gasteiger partial charge in [-0.05, 0) is 11.6 Å². The minimum Gasteiger partial charge on any atom is -0.312 e. The fourth-order valence-corrected chi connectivity index (χ4v) is 2.39. The number of rotatable bonds is 6. The molecule has 5 nitrogen and oxygen atoms in total. The molecule has 0 atom stereocenters. The predicted octanol–water partition coefficient (Wildman–Crippen LogP) is 2.14. The van der Waals surface area contributed by atoms with Crippen molar-refractivity contribution in [2.24, 2.45) is 7.05 Å². The standard InChI is InChI=1S/C16H19N5/c1-21-15(8-10-19-21)7-9-17-11-14-12-18-20-16(14)13-5-3-2-4-6-13/h2-6,8,10,12,17H,7,9,11H2,1H3,(H,18,20). The monoisotopic (exact) mass is 281 g/mol. The minimum absolute atomic E-state index is 0.804. The van der Waals surface area contributed by atoms with E-state index in [1.165, 1.54) is 16.8 Å². The van der Waals surface area contributed by atoms with Crippen LogP contribution in [-0.2, 0) is 20.0 Å². The van der Waals surface area contributed by atoms with Crippen LogP contribution < -0.4 is 5.32 Å². The van der Waals surface area contributed by atoms with Crippen molar-refractivity contribution >= 4 is 0 Å². The molecule has 0 unspecified atom stereocenters. The van der Waals surface area contributed by atoms with Gasteiger partial charge in [0.2, 0.25) is 0 Å². The molecule has 0 aliphatic carbocycles. The molecule has 0 amide bonds. The molecule has 108 valence electrons. The van der Waals surface area contributed by atoms with Gasteiger partial charge in [0.15, 0.2) is 0 Å². The Balaban J connectivity index is 1.57. The number of hydrogen-bond donors (Lipinski definition) is 2. The Kier molecular flexibility index (Phi) is 4.12. The molecule has 21 heavy (non-hydrogen) atoms. The van der Waals surface area contributed by atoms with Gasteiger partial charge in [0.1, 0.15) is 0 Å². The number of nitrogens with one attached hydrogen (secondary N) is 2. The molecule has 2 aromatic heterocycles. The summed E-state index contributed by atoms with van der Waals surface area (Å²) in [5, 5.41) is 14.9. The van der Waals surface area contributed by atoms with Crippen molar-refractivity contribution < 1.29 is 0 Å². The number of hydrogen-bond acceptors (Lipinski definition) is 3. The maximum Gasteiger partial charge on any atom is 0.0695 e. The van der Waals surface area contributed by atoms with Crippen molar-refractivity contribution in [2.45, 2.75) is 13.0 Å². The molecular formula is C16H19N5. The molecule has 0 bridgehead atoms. The first-order valence-corrected chi connectivity index (χ1v) is 7.10. The fourth-order valence-electron chi connectivity index (χ4n) is 2.39. The third kappa shape index (κ3) is 3.20. The highest BCUT2D eigenvalue weighted by molar-refractivity contribution is 5.62. The Morgan fingerprint density at radius 2 is 2.05 bits per heavy atom. The molecule has 5 heteroatoms. The van der Waals surface area contributed by atoms with Crippen LogP contribution >= 0.6 is 0 Å². The maximum absolute atomic E-state index is 4.17. The Hall–Kier alpha value is -2.40. The van der Waals surface area contributed by atoms with Gasteiger partial charge < -0.3 is 5.32 Å². The second kappa shape index (κ2) is 6.37. The van der Waals surface area contributed by atoms with E-state index < -0.39 is 0 Å². The van der Waals surface area contributed by atoms with Gasteiger partial charge in [-0.25, -0.2) is 0 Å². The van der Waals surface area contributed by atoms with Crippen molar-refractivity contribution in [3.63, 3.8) is 0 Å². The second-order valence-electron chi connectivity index (χ2n) is 5.01. The van der Waals surface area contributed by atoms with E-state index in [-0.39, 0.29) is 0 Å². The molecule has 2 N–H and O–H groups in total. The van der Waals surface area contributed by atoms with Crippen molar-refractivity contribution in [1.29, 1.82) is 0 Å². The molecular weight excluding hydrogens is 262 g/mol. The lowest BCUT2D eigenvalue weighted by Crippen LogP contribution is -2.18. The predicted molar refractivity (Wildman–Crippen MR) is 82.6 cm³/mol. The number of nitrogens with zero attached hydrogens (tertiary/aromatic N) is 3. The Morgan fingerprint density at radius 3 is 2.81 bits per heavy atom. The summed E-state index contributed by atoms with van der Waals surface area (Å²) >= 11 is 0. The van der Waals surface area contributed by atoms with Crippen LogP contribution in [0.3, 0.4) is 0 Å². The van der Waals surface area contributed by atoms with E-state index in [1.807, 2.05) is 42.3 Å². The Bertz CT molecular complexity index is 684. The summed E-state index contributed by atoms with van der Waals surface area (Å²) < 4.78 is 1.91. The van der Waals surface area contributed by atoms with Gasteiger partial charge in [-0.15, -0.1) is 0 Å². The summed E-state index contributed by atoms with van der Waals surface area (Å²) in [5.41, 5.74) is 4.67.